The second kappa shape index (κ2) is 7.39. The van der Waals surface area contributed by atoms with Gasteiger partial charge in [0.1, 0.15) is 5.82 Å². The summed E-state index contributed by atoms with van der Waals surface area (Å²) < 4.78 is 28.9. The molecule has 0 radical (unpaired) electrons. The van der Waals surface area contributed by atoms with Crippen molar-refractivity contribution < 1.29 is 13.2 Å². The molecule has 2 amide bonds. The zero-order chi connectivity index (χ0) is 20.6. The number of amides is 2. The summed E-state index contributed by atoms with van der Waals surface area (Å²) in [6.07, 6.45) is 1.42. The van der Waals surface area contributed by atoms with E-state index >= 15 is 0 Å². The summed E-state index contributed by atoms with van der Waals surface area (Å²) in [5, 5.41) is 9.12. The average Bonchev–Trinajstić information content (AvgIpc) is 3.20. The van der Waals surface area contributed by atoms with Crippen LogP contribution < -0.4 is 4.90 Å². The van der Waals surface area contributed by atoms with E-state index in [1.165, 1.54) is 11.1 Å². The van der Waals surface area contributed by atoms with Crippen LogP contribution >= 0.6 is 15.9 Å². The molecule has 4 rings (SSSR count). The lowest BCUT2D eigenvalue weighted by atomic mass is 10.1. The third-order valence-corrected chi connectivity index (χ3v) is 6.69. The highest BCUT2D eigenvalue weighted by molar-refractivity contribution is 9.10. The second-order valence-electron chi connectivity index (χ2n) is 6.49. The number of rotatable bonds is 4. The molecule has 2 heterocycles. The zero-order valence-corrected chi connectivity index (χ0v) is 17.5. The van der Waals surface area contributed by atoms with E-state index in [0.29, 0.717) is 11.1 Å². The number of nitriles is 1. The number of halogens is 1. The Morgan fingerprint density at radius 3 is 2.41 bits per heavy atom. The first-order valence-corrected chi connectivity index (χ1v) is 10.8. The van der Waals surface area contributed by atoms with Crippen molar-refractivity contribution in [1.82, 2.24) is 8.28 Å². The molecule has 0 spiro atoms. The van der Waals surface area contributed by atoms with E-state index in [2.05, 4.69) is 22.0 Å². The van der Waals surface area contributed by atoms with Gasteiger partial charge in [0.15, 0.2) is 0 Å². The lowest BCUT2D eigenvalue weighted by Crippen LogP contribution is -2.52. The molecule has 0 saturated carbocycles. The number of nitrogens with zero attached hydrogens (tertiary/aromatic N) is 4. The Morgan fingerprint density at radius 1 is 0.966 bits per heavy atom. The predicted octanol–water partition coefficient (Wildman–Crippen LogP) is 3.86. The van der Waals surface area contributed by atoms with Crippen molar-refractivity contribution in [3.05, 3.63) is 88.0 Å². The van der Waals surface area contributed by atoms with Gasteiger partial charge in [0, 0.05) is 10.7 Å². The van der Waals surface area contributed by atoms with Gasteiger partial charge in [0.05, 0.1) is 24.7 Å². The minimum atomic E-state index is -4.05. The fourth-order valence-electron chi connectivity index (χ4n) is 3.22. The molecule has 1 aliphatic rings. The summed E-state index contributed by atoms with van der Waals surface area (Å²) >= 11 is 3.37. The number of anilines is 1. The summed E-state index contributed by atoms with van der Waals surface area (Å²) in [4.78, 5) is 14.6. The zero-order valence-electron chi connectivity index (χ0n) is 15.1. The first-order chi connectivity index (χ1) is 13.9. The molecule has 3 aromatic rings. The van der Waals surface area contributed by atoms with Crippen molar-refractivity contribution in [3.8, 4) is 6.07 Å². The monoisotopic (exact) mass is 470 g/mol. The molecule has 29 heavy (non-hydrogen) atoms. The molecule has 9 heteroatoms. The molecular formula is C20H15BrN4O3S. The normalized spacial score (nSPS) is 15.1. The molecule has 0 unspecified atom stereocenters. The molecule has 0 aliphatic carbocycles. The summed E-state index contributed by atoms with van der Waals surface area (Å²) in [6, 6.07) is 18.6. The lowest BCUT2D eigenvalue weighted by Gasteiger charge is -2.36. The van der Waals surface area contributed by atoms with Gasteiger partial charge in [-0.05, 0) is 47.5 Å². The molecule has 2 aromatic carbocycles. The van der Waals surface area contributed by atoms with Gasteiger partial charge in [-0.2, -0.15) is 18.0 Å². The van der Waals surface area contributed by atoms with Crippen LogP contribution in [-0.4, -0.2) is 22.7 Å². The smallest absolute Gasteiger partial charge is 0.274 e. The van der Waals surface area contributed by atoms with E-state index < -0.39 is 16.2 Å². The Hall–Kier alpha value is -3.09. The van der Waals surface area contributed by atoms with Gasteiger partial charge >= 0.3 is 16.2 Å². The van der Waals surface area contributed by atoms with Crippen LogP contribution in [0.3, 0.4) is 0 Å². The van der Waals surface area contributed by atoms with E-state index in [0.717, 1.165) is 18.3 Å². The van der Waals surface area contributed by atoms with Gasteiger partial charge in [-0.1, -0.05) is 40.2 Å². The highest BCUT2D eigenvalue weighted by Gasteiger charge is 2.40. The molecule has 0 fully saturated rings. The fourth-order valence-corrected chi connectivity index (χ4v) is 5.11. The van der Waals surface area contributed by atoms with E-state index in [1.807, 2.05) is 6.07 Å². The third-order valence-electron chi connectivity index (χ3n) is 4.55. The quantitative estimate of drug-likeness (QED) is 0.579. The Bertz CT molecular complexity index is 1250. The van der Waals surface area contributed by atoms with Gasteiger partial charge in [0.2, 0.25) is 0 Å². The highest BCUT2D eigenvalue weighted by Crippen LogP contribution is 2.30. The van der Waals surface area contributed by atoms with Crippen LogP contribution in [0.15, 0.2) is 71.3 Å². The molecular weight excluding hydrogens is 456 g/mol. The molecule has 7 nitrogen and oxygen atoms in total. The van der Waals surface area contributed by atoms with Crippen LogP contribution in [-0.2, 0) is 23.3 Å². The van der Waals surface area contributed by atoms with Crippen LogP contribution in [0.1, 0.15) is 16.7 Å². The minimum Gasteiger partial charge on any atom is -0.274 e. The first-order valence-electron chi connectivity index (χ1n) is 8.66. The van der Waals surface area contributed by atoms with Crippen LogP contribution in [0.5, 0.6) is 0 Å². The van der Waals surface area contributed by atoms with Gasteiger partial charge in [-0.15, -0.1) is 0 Å². The number of hydrogen-bond donors (Lipinski definition) is 0. The van der Waals surface area contributed by atoms with Crippen molar-refractivity contribution in [1.29, 1.82) is 5.26 Å². The Balaban J connectivity index is 1.74. The van der Waals surface area contributed by atoms with Crippen molar-refractivity contribution in [2.75, 3.05) is 4.90 Å². The summed E-state index contributed by atoms with van der Waals surface area (Å²) in [5.41, 5.74) is 1.88. The first kappa shape index (κ1) is 19.2. The van der Waals surface area contributed by atoms with Crippen molar-refractivity contribution in [3.63, 3.8) is 0 Å². The van der Waals surface area contributed by atoms with E-state index in [-0.39, 0.29) is 18.9 Å². The minimum absolute atomic E-state index is 0.0903. The number of aromatic nitrogens is 1. The highest BCUT2D eigenvalue weighted by atomic mass is 79.9. The number of carbonyl (C=O) groups excluding carboxylic acids is 1. The van der Waals surface area contributed by atoms with Crippen molar-refractivity contribution >= 4 is 38.0 Å². The average molecular weight is 471 g/mol. The van der Waals surface area contributed by atoms with Crippen molar-refractivity contribution in [2.24, 2.45) is 0 Å². The summed E-state index contributed by atoms with van der Waals surface area (Å²) in [7, 11) is -4.05. The number of carbonyl (C=O) groups is 1. The van der Waals surface area contributed by atoms with Crippen LogP contribution in [0.25, 0.3) is 0 Å². The van der Waals surface area contributed by atoms with E-state index in [9.17, 15) is 13.2 Å². The number of hydrogen-bond acceptors (Lipinski definition) is 4. The Morgan fingerprint density at radius 2 is 1.69 bits per heavy atom. The molecule has 1 aliphatic heterocycles. The van der Waals surface area contributed by atoms with Crippen LogP contribution in [0, 0.1) is 11.3 Å². The van der Waals surface area contributed by atoms with E-state index in [1.54, 1.807) is 54.6 Å². The second-order valence-corrected chi connectivity index (χ2v) is 9.13. The maximum atomic E-state index is 13.2. The number of benzene rings is 2. The van der Waals surface area contributed by atoms with Crippen molar-refractivity contribution in [2.45, 2.75) is 13.1 Å². The Labute approximate surface area is 176 Å². The van der Waals surface area contributed by atoms with Gasteiger partial charge < -0.3 is 0 Å². The van der Waals surface area contributed by atoms with Crippen LogP contribution in [0.2, 0.25) is 0 Å². The topological polar surface area (TPSA) is 86.4 Å². The fraction of sp³-hybridized carbons (Fsp3) is 0.100. The number of fused-ring (bicyclic) bond motifs is 1. The molecule has 0 N–H and O–H groups in total. The van der Waals surface area contributed by atoms with E-state index in [4.69, 9.17) is 5.26 Å². The molecule has 0 saturated heterocycles. The lowest BCUT2D eigenvalue weighted by molar-refractivity contribution is 0.225. The molecule has 146 valence electrons. The maximum absolute atomic E-state index is 13.2. The third kappa shape index (κ3) is 3.52. The molecule has 0 atom stereocenters. The van der Waals surface area contributed by atoms with Crippen LogP contribution in [0.4, 0.5) is 10.6 Å². The predicted molar refractivity (Wildman–Crippen MR) is 111 cm³/mol. The molecule has 1 aromatic heterocycles. The van der Waals surface area contributed by atoms with Gasteiger partial charge in [0.25, 0.3) is 0 Å². The number of urea groups is 1. The standard InChI is InChI=1S/C20H15BrN4O3S/c21-18-7-2-6-17(11-18)14-25-20(26)23(13-16-5-1-4-15(10-16)12-22)19-8-3-9-24(19)29(25,27)28/h1-11H,13-14H2. The van der Waals surface area contributed by atoms with Gasteiger partial charge in [-0.3, -0.25) is 4.90 Å². The summed E-state index contributed by atoms with van der Waals surface area (Å²) in [6.45, 7) is 0.0514. The largest absolute Gasteiger partial charge is 0.341 e. The Kier molecular flexibility index (Phi) is 4.90. The van der Waals surface area contributed by atoms with Gasteiger partial charge in [-0.25, -0.2) is 8.77 Å². The summed E-state index contributed by atoms with van der Waals surface area (Å²) in [5.74, 6) is 0.267. The SMILES string of the molecule is N#Cc1cccc(CN2C(=O)N(Cc3cccc(Br)c3)S(=O)(=O)n3cccc32)c1. The maximum Gasteiger partial charge on any atom is 0.341 e. The molecule has 0 bridgehead atoms.